The molecule has 2 unspecified atom stereocenters. The maximum Gasteiger partial charge on any atom is 0.251 e. The smallest absolute Gasteiger partial charge is 0.251 e. The van der Waals surface area contributed by atoms with Crippen LogP contribution in [0.4, 0.5) is 0 Å². The van der Waals surface area contributed by atoms with Crippen molar-refractivity contribution in [3.63, 3.8) is 0 Å². The Morgan fingerprint density at radius 3 is 2.73 bits per heavy atom. The number of benzene rings is 1. The quantitative estimate of drug-likeness (QED) is 0.244. The van der Waals surface area contributed by atoms with E-state index in [1.165, 1.54) is 0 Å². The number of hydrogen-bond acceptors (Lipinski definition) is 5. The van der Waals surface area contributed by atoms with Crippen molar-refractivity contribution in [2.75, 3.05) is 13.7 Å². The zero-order valence-electron chi connectivity index (χ0n) is 19.9. The van der Waals surface area contributed by atoms with Crippen molar-refractivity contribution >= 4 is 35.8 Å². The van der Waals surface area contributed by atoms with Crippen molar-refractivity contribution in [2.45, 2.75) is 71.8 Å². The van der Waals surface area contributed by atoms with Crippen LogP contribution < -0.4 is 16.0 Å². The Kier molecular flexibility index (Phi) is 11.0. The zero-order chi connectivity index (χ0) is 22.9. The predicted octanol–water partition coefficient (Wildman–Crippen LogP) is 2.64. The lowest BCUT2D eigenvalue weighted by atomic mass is 10.1. The number of aliphatic imine (C=N–C) groups is 1. The van der Waals surface area contributed by atoms with Gasteiger partial charge in [-0.05, 0) is 44.4 Å². The first-order valence-electron chi connectivity index (χ1n) is 11.4. The molecule has 0 aliphatic carbocycles. The molecule has 182 valence electrons. The summed E-state index contributed by atoms with van der Waals surface area (Å²) in [5.74, 6) is 2.47. The summed E-state index contributed by atoms with van der Waals surface area (Å²) in [6.45, 7) is 8.59. The highest BCUT2D eigenvalue weighted by Gasteiger charge is 2.22. The number of nitrogens with zero attached hydrogens (tertiary/aromatic N) is 4. The van der Waals surface area contributed by atoms with Crippen LogP contribution in [-0.2, 0) is 30.9 Å². The van der Waals surface area contributed by atoms with Gasteiger partial charge in [-0.25, -0.2) is 14.7 Å². The van der Waals surface area contributed by atoms with Crippen molar-refractivity contribution in [3.05, 3.63) is 47.0 Å². The first-order valence-corrected chi connectivity index (χ1v) is 11.4. The maximum absolute atomic E-state index is 12.2. The Labute approximate surface area is 213 Å². The van der Waals surface area contributed by atoms with E-state index in [4.69, 9.17) is 9.73 Å². The molecule has 1 aromatic carbocycles. The second kappa shape index (κ2) is 13.5. The van der Waals surface area contributed by atoms with Crippen LogP contribution >= 0.6 is 24.0 Å². The van der Waals surface area contributed by atoms with Gasteiger partial charge in [-0.3, -0.25) is 4.79 Å². The van der Waals surface area contributed by atoms with Gasteiger partial charge in [0.2, 0.25) is 0 Å². The summed E-state index contributed by atoms with van der Waals surface area (Å²) in [6, 6.07) is 8.02. The van der Waals surface area contributed by atoms with E-state index in [2.05, 4.69) is 39.9 Å². The van der Waals surface area contributed by atoms with Gasteiger partial charge in [-0.15, -0.1) is 24.0 Å². The van der Waals surface area contributed by atoms with Gasteiger partial charge in [-0.2, -0.15) is 5.10 Å². The van der Waals surface area contributed by atoms with Gasteiger partial charge in [0.25, 0.3) is 5.91 Å². The lowest BCUT2D eigenvalue weighted by molar-refractivity contribution is 0.0939. The summed E-state index contributed by atoms with van der Waals surface area (Å²) in [5.41, 5.74) is 1.72. The van der Waals surface area contributed by atoms with Crippen LogP contribution in [0.15, 0.2) is 29.3 Å². The summed E-state index contributed by atoms with van der Waals surface area (Å²) in [7, 11) is 1.65. The molecule has 2 aromatic rings. The molecule has 1 amide bonds. The Bertz CT molecular complexity index is 914. The van der Waals surface area contributed by atoms with Crippen LogP contribution in [0.1, 0.15) is 61.2 Å². The average molecular weight is 569 g/mol. The third-order valence-electron chi connectivity index (χ3n) is 5.49. The van der Waals surface area contributed by atoms with E-state index in [1.54, 1.807) is 7.11 Å². The minimum absolute atomic E-state index is 0. The number of guanidine groups is 1. The van der Waals surface area contributed by atoms with Crippen LogP contribution in [0.2, 0.25) is 0 Å². The average Bonchev–Trinajstić information content (AvgIpc) is 3.19. The number of carbonyl (C=O) groups is 1. The van der Waals surface area contributed by atoms with Crippen molar-refractivity contribution in [1.82, 2.24) is 30.7 Å². The third-order valence-corrected chi connectivity index (χ3v) is 5.49. The van der Waals surface area contributed by atoms with E-state index in [-0.39, 0.29) is 42.0 Å². The van der Waals surface area contributed by atoms with E-state index in [0.717, 1.165) is 55.5 Å². The van der Waals surface area contributed by atoms with Gasteiger partial charge in [0, 0.05) is 37.7 Å². The van der Waals surface area contributed by atoms with Gasteiger partial charge < -0.3 is 20.7 Å². The molecule has 33 heavy (non-hydrogen) atoms. The van der Waals surface area contributed by atoms with Crippen molar-refractivity contribution in [3.8, 4) is 0 Å². The first kappa shape index (κ1) is 27.0. The number of rotatable bonds is 9. The molecule has 0 saturated carbocycles. The zero-order valence-corrected chi connectivity index (χ0v) is 22.3. The second-order valence-electron chi connectivity index (χ2n) is 8.11. The molecule has 0 fully saturated rings. The molecule has 3 rings (SSSR count). The maximum atomic E-state index is 12.2. The highest BCUT2D eigenvalue weighted by Crippen LogP contribution is 2.14. The summed E-state index contributed by atoms with van der Waals surface area (Å²) in [6.07, 6.45) is 2.75. The number of aromatic nitrogens is 3. The van der Waals surface area contributed by atoms with E-state index >= 15 is 0 Å². The van der Waals surface area contributed by atoms with Gasteiger partial charge in [0.05, 0.1) is 13.1 Å². The lowest BCUT2D eigenvalue weighted by Gasteiger charge is -2.25. The molecule has 1 aliphatic rings. The fourth-order valence-electron chi connectivity index (χ4n) is 3.52. The molecule has 10 heteroatoms. The number of fused-ring (bicyclic) bond motifs is 1. The van der Waals surface area contributed by atoms with Crippen molar-refractivity contribution < 1.29 is 9.53 Å². The molecule has 9 nitrogen and oxygen atoms in total. The lowest BCUT2D eigenvalue weighted by Crippen LogP contribution is -2.47. The fraction of sp³-hybridized carbons (Fsp3) is 0.565. The highest BCUT2D eigenvalue weighted by molar-refractivity contribution is 14.0. The minimum Gasteiger partial charge on any atom is -0.377 e. The van der Waals surface area contributed by atoms with Gasteiger partial charge in [-0.1, -0.05) is 19.1 Å². The van der Waals surface area contributed by atoms with E-state index in [0.29, 0.717) is 18.7 Å². The monoisotopic (exact) mass is 569 g/mol. The standard InChI is InChI=1S/C23H35N7O2.HI/c1-5-16(3)26-22(31)18-9-7-17(8-10-18)13-25-23(24-6-2)27-19-11-12-21-28-20(15-32-4)29-30(21)14-19;/h7-10,16,19H,5-6,11-15H2,1-4H3,(H,26,31)(H2,24,25,27);1H. The molecule has 0 saturated heterocycles. The van der Waals surface area contributed by atoms with Crippen LogP contribution in [0.25, 0.3) is 0 Å². The van der Waals surface area contributed by atoms with Crippen molar-refractivity contribution in [2.24, 2.45) is 4.99 Å². The van der Waals surface area contributed by atoms with Crippen LogP contribution in [0, 0.1) is 0 Å². The molecule has 3 N–H and O–H groups in total. The molecule has 0 radical (unpaired) electrons. The Morgan fingerprint density at radius 1 is 1.30 bits per heavy atom. The Hall–Kier alpha value is -2.21. The first-order chi connectivity index (χ1) is 15.5. The second-order valence-corrected chi connectivity index (χ2v) is 8.11. The number of hydrogen-bond donors (Lipinski definition) is 3. The topological polar surface area (TPSA) is 105 Å². The number of ether oxygens (including phenoxy) is 1. The van der Waals surface area contributed by atoms with Crippen LogP contribution in [-0.4, -0.2) is 52.4 Å². The van der Waals surface area contributed by atoms with Gasteiger partial charge in [0.15, 0.2) is 11.8 Å². The minimum atomic E-state index is -0.0390. The summed E-state index contributed by atoms with van der Waals surface area (Å²) in [4.78, 5) is 21.5. The molecule has 0 spiro atoms. The van der Waals surface area contributed by atoms with E-state index in [1.807, 2.05) is 35.9 Å². The van der Waals surface area contributed by atoms with Crippen LogP contribution in [0.5, 0.6) is 0 Å². The SMILES string of the molecule is CCNC(=NCc1ccc(C(=O)NC(C)CC)cc1)NC1CCc2nc(COC)nn2C1.I. The summed E-state index contributed by atoms with van der Waals surface area (Å²) in [5, 5.41) is 14.4. The molecule has 2 atom stereocenters. The molecule has 1 aliphatic heterocycles. The normalized spacial score (nSPS) is 16.4. The predicted molar refractivity (Wildman–Crippen MR) is 140 cm³/mol. The molecule has 1 aromatic heterocycles. The number of amides is 1. The number of methoxy groups -OCH3 is 1. The summed E-state index contributed by atoms with van der Waals surface area (Å²) >= 11 is 0. The molecule has 2 heterocycles. The summed E-state index contributed by atoms with van der Waals surface area (Å²) < 4.78 is 7.10. The number of aryl methyl sites for hydroxylation is 1. The van der Waals surface area contributed by atoms with Gasteiger partial charge >= 0.3 is 0 Å². The number of nitrogens with one attached hydrogen (secondary N) is 3. The molecular formula is C23H36IN7O2. The fourth-order valence-corrected chi connectivity index (χ4v) is 3.52. The Morgan fingerprint density at radius 2 is 2.06 bits per heavy atom. The largest absolute Gasteiger partial charge is 0.377 e. The molecular weight excluding hydrogens is 533 g/mol. The number of carbonyl (C=O) groups excluding carboxylic acids is 1. The third kappa shape index (κ3) is 7.95. The highest BCUT2D eigenvalue weighted by atomic mass is 127. The van der Waals surface area contributed by atoms with E-state index in [9.17, 15) is 4.79 Å². The molecule has 0 bridgehead atoms. The number of halogens is 1. The van der Waals surface area contributed by atoms with Crippen LogP contribution in [0.3, 0.4) is 0 Å². The van der Waals surface area contributed by atoms with Gasteiger partial charge in [0.1, 0.15) is 12.4 Å². The van der Waals surface area contributed by atoms with Crippen molar-refractivity contribution in [1.29, 1.82) is 0 Å². The Balaban J connectivity index is 0.00000385. The van der Waals surface area contributed by atoms with E-state index < -0.39 is 0 Å².